The number of nitrogens with two attached hydrogens (primary N) is 1. The second-order valence-corrected chi connectivity index (χ2v) is 3.60. The lowest BCUT2D eigenvalue weighted by atomic mass is 10.2. The summed E-state index contributed by atoms with van der Waals surface area (Å²) >= 11 is 0. The summed E-state index contributed by atoms with van der Waals surface area (Å²) in [6.07, 6.45) is 1.61. The number of rotatable bonds is 4. The van der Waals surface area contributed by atoms with Crippen LogP contribution in [-0.4, -0.2) is 12.1 Å². The van der Waals surface area contributed by atoms with Crippen molar-refractivity contribution in [3.05, 3.63) is 48.2 Å². The molecule has 0 aliphatic rings. The van der Waals surface area contributed by atoms with Crippen LogP contribution >= 0.6 is 0 Å². The van der Waals surface area contributed by atoms with Gasteiger partial charge in [0.1, 0.15) is 17.3 Å². The number of nitrogen functional groups attached to an aromatic ring is 1. The Bertz CT molecular complexity index is 500. The summed E-state index contributed by atoms with van der Waals surface area (Å²) in [6.45, 7) is 0.565. The van der Waals surface area contributed by atoms with Crippen LogP contribution in [0.15, 0.2) is 42.6 Å². The molecule has 0 atom stereocenters. The zero-order valence-corrected chi connectivity index (χ0v) is 9.59. The molecule has 0 fully saturated rings. The van der Waals surface area contributed by atoms with Gasteiger partial charge in [0.15, 0.2) is 0 Å². The minimum atomic E-state index is 0.440. The fourth-order valence-electron chi connectivity index (χ4n) is 1.49. The lowest BCUT2D eigenvalue weighted by molar-refractivity contribution is 0.184. The first-order valence-corrected chi connectivity index (χ1v) is 5.25. The molecular formula is C13H14N2O2. The van der Waals surface area contributed by atoms with E-state index in [1.807, 2.05) is 24.3 Å². The zero-order chi connectivity index (χ0) is 12.1. The molecule has 0 aliphatic carbocycles. The van der Waals surface area contributed by atoms with Gasteiger partial charge >= 0.3 is 0 Å². The highest BCUT2D eigenvalue weighted by Gasteiger charge is 1.99. The van der Waals surface area contributed by atoms with E-state index in [4.69, 9.17) is 15.2 Å². The number of aromatic nitrogens is 1. The summed E-state index contributed by atoms with van der Waals surface area (Å²) in [5.41, 5.74) is 6.64. The Morgan fingerprint density at radius 1 is 1.18 bits per heavy atom. The molecule has 88 valence electrons. The van der Waals surface area contributed by atoms with Gasteiger partial charge in [0.25, 0.3) is 0 Å². The lowest BCUT2D eigenvalue weighted by Gasteiger charge is -2.07. The van der Waals surface area contributed by atoms with Gasteiger partial charge in [-0.3, -0.25) is 0 Å². The minimum absolute atomic E-state index is 0.440. The molecule has 1 aromatic heterocycles. The molecule has 2 N–H and O–H groups in total. The van der Waals surface area contributed by atoms with Crippen molar-refractivity contribution in [3.8, 4) is 11.5 Å². The Kier molecular flexibility index (Phi) is 3.57. The van der Waals surface area contributed by atoms with Crippen molar-refractivity contribution in [2.45, 2.75) is 6.61 Å². The van der Waals surface area contributed by atoms with Gasteiger partial charge in [-0.2, -0.15) is 0 Å². The van der Waals surface area contributed by atoms with Crippen molar-refractivity contribution in [1.82, 2.24) is 4.98 Å². The first-order valence-electron chi connectivity index (χ1n) is 5.25. The number of ether oxygens (including phenoxy) is 2. The van der Waals surface area contributed by atoms with Gasteiger partial charge in [0.2, 0.25) is 0 Å². The van der Waals surface area contributed by atoms with Crippen molar-refractivity contribution in [2.75, 3.05) is 12.8 Å². The van der Waals surface area contributed by atoms with Crippen molar-refractivity contribution in [3.63, 3.8) is 0 Å². The molecule has 0 amide bonds. The standard InChI is InChI=1S/C13H14N2O2/c1-16-9-10-3-2-4-11(7-10)17-12-5-6-15-13(14)8-12/h2-8H,9H2,1H3,(H2,14,15). The highest BCUT2D eigenvalue weighted by molar-refractivity contribution is 5.39. The van der Waals surface area contributed by atoms with E-state index >= 15 is 0 Å². The van der Waals surface area contributed by atoms with Crippen molar-refractivity contribution >= 4 is 5.82 Å². The van der Waals surface area contributed by atoms with E-state index in [2.05, 4.69) is 4.98 Å². The number of benzene rings is 1. The summed E-state index contributed by atoms with van der Waals surface area (Å²) in [6, 6.07) is 11.2. The van der Waals surface area contributed by atoms with Gasteiger partial charge in [-0.25, -0.2) is 4.98 Å². The maximum absolute atomic E-state index is 5.67. The van der Waals surface area contributed by atoms with Gasteiger partial charge in [0, 0.05) is 19.4 Å². The Labute approximate surface area is 100 Å². The van der Waals surface area contributed by atoms with Crippen LogP contribution in [0.25, 0.3) is 0 Å². The Hall–Kier alpha value is -2.07. The minimum Gasteiger partial charge on any atom is -0.457 e. The topological polar surface area (TPSA) is 57.4 Å². The molecule has 1 aromatic carbocycles. The summed E-state index contributed by atoms with van der Waals surface area (Å²) in [5, 5.41) is 0. The largest absolute Gasteiger partial charge is 0.457 e. The highest BCUT2D eigenvalue weighted by Crippen LogP contribution is 2.23. The Morgan fingerprint density at radius 3 is 2.76 bits per heavy atom. The smallest absolute Gasteiger partial charge is 0.132 e. The summed E-state index contributed by atoms with van der Waals surface area (Å²) in [7, 11) is 1.66. The first-order chi connectivity index (χ1) is 8.28. The zero-order valence-electron chi connectivity index (χ0n) is 9.59. The molecule has 0 radical (unpaired) electrons. The molecule has 0 saturated carbocycles. The molecule has 0 unspecified atom stereocenters. The maximum atomic E-state index is 5.67. The van der Waals surface area contributed by atoms with Crippen LogP contribution in [0.2, 0.25) is 0 Å². The average Bonchev–Trinajstić information content (AvgIpc) is 2.30. The Balaban J connectivity index is 2.15. The molecule has 17 heavy (non-hydrogen) atoms. The second-order valence-electron chi connectivity index (χ2n) is 3.60. The Morgan fingerprint density at radius 2 is 2.00 bits per heavy atom. The van der Waals surface area contributed by atoms with Crippen LogP contribution in [0.3, 0.4) is 0 Å². The van der Waals surface area contributed by atoms with Gasteiger partial charge in [-0.1, -0.05) is 12.1 Å². The molecule has 2 rings (SSSR count). The number of pyridine rings is 1. The number of anilines is 1. The summed E-state index contributed by atoms with van der Waals surface area (Å²) in [5.74, 6) is 1.87. The van der Waals surface area contributed by atoms with Crippen LogP contribution in [0.4, 0.5) is 5.82 Å². The van der Waals surface area contributed by atoms with Crippen LogP contribution in [0, 0.1) is 0 Å². The third-order valence-electron chi connectivity index (χ3n) is 2.20. The van der Waals surface area contributed by atoms with E-state index in [1.54, 1.807) is 25.4 Å². The number of methoxy groups -OCH3 is 1. The van der Waals surface area contributed by atoms with Crippen molar-refractivity contribution in [1.29, 1.82) is 0 Å². The average molecular weight is 230 g/mol. The van der Waals surface area contributed by atoms with Crippen molar-refractivity contribution < 1.29 is 9.47 Å². The fraction of sp³-hybridized carbons (Fsp3) is 0.154. The van der Waals surface area contributed by atoms with Crippen molar-refractivity contribution in [2.24, 2.45) is 0 Å². The van der Waals surface area contributed by atoms with E-state index in [9.17, 15) is 0 Å². The maximum Gasteiger partial charge on any atom is 0.132 e. The first kappa shape index (κ1) is 11.4. The quantitative estimate of drug-likeness (QED) is 0.877. The SMILES string of the molecule is COCc1cccc(Oc2ccnc(N)c2)c1. The third-order valence-corrected chi connectivity index (χ3v) is 2.20. The van der Waals surface area contributed by atoms with Crippen LogP contribution in [0.5, 0.6) is 11.5 Å². The predicted octanol–water partition coefficient (Wildman–Crippen LogP) is 2.60. The molecule has 4 nitrogen and oxygen atoms in total. The molecule has 0 aliphatic heterocycles. The molecule has 0 saturated heterocycles. The van der Waals surface area contributed by atoms with Crippen LogP contribution < -0.4 is 10.5 Å². The third kappa shape index (κ3) is 3.19. The molecular weight excluding hydrogens is 216 g/mol. The van der Waals surface area contributed by atoms with Gasteiger partial charge in [-0.05, 0) is 23.8 Å². The van der Waals surface area contributed by atoms with Crippen LogP contribution in [-0.2, 0) is 11.3 Å². The predicted molar refractivity (Wildman–Crippen MR) is 65.9 cm³/mol. The van der Waals surface area contributed by atoms with E-state index in [0.29, 0.717) is 18.2 Å². The van der Waals surface area contributed by atoms with Gasteiger partial charge in [-0.15, -0.1) is 0 Å². The lowest BCUT2D eigenvalue weighted by Crippen LogP contribution is -1.92. The number of nitrogens with zero attached hydrogens (tertiary/aromatic N) is 1. The fourth-order valence-corrected chi connectivity index (χ4v) is 1.49. The van der Waals surface area contributed by atoms with Gasteiger partial charge < -0.3 is 15.2 Å². The molecule has 0 bridgehead atoms. The number of hydrogen-bond acceptors (Lipinski definition) is 4. The summed E-state index contributed by atoms with van der Waals surface area (Å²) in [4.78, 5) is 3.91. The molecule has 0 spiro atoms. The van der Waals surface area contributed by atoms with E-state index < -0.39 is 0 Å². The number of hydrogen-bond donors (Lipinski definition) is 1. The molecule has 1 heterocycles. The second kappa shape index (κ2) is 5.32. The van der Waals surface area contributed by atoms with Gasteiger partial charge in [0.05, 0.1) is 6.61 Å². The monoisotopic (exact) mass is 230 g/mol. The van der Waals surface area contributed by atoms with E-state index in [-0.39, 0.29) is 0 Å². The normalized spacial score (nSPS) is 10.2. The van der Waals surface area contributed by atoms with E-state index in [1.165, 1.54) is 0 Å². The molecule has 4 heteroatoms. The highest BCUT2D eigenvalue weighted by atomic mass is 16.5. The summed E-state index contributed by atoms with van der Waals surface area (Å²) < 4.78 is 10.7. The van der Waals surface area contributed by atoms with E-state index in [0.717, 1.165) is 11.3 Å². The molecule has 2 aromatic rings. The van der Waals surface area contributed by atoms with Crippen LogP contribution in [0.1, 0.15) is 5.56 Å².